The molecule has 0 radical (unpaired) electrons. The molecular formula is C32H64O2. The Balaban J connectivity index is 3.08. The molecule has 0 fully saturated rings. The number of esters is 1. The van der Waals surface area contributed by atoms with Gasteiger partial charge < -0.3 is 4.74 Å². The lowest BCUT2D eigenvalue weighted by molar-refractivity contribution is -0.141. The molecule has 0 bridgehead atoms. The van der Waals surface area contributed by atoms with E-state index in [1.807, 2.05) is 0 Å². The maximum atomic E-state index is 10.8. The largest absolute Gasteiger partial charge is 0.466 e. The van der Waals surface area contributed by atoms with Crippen molar-refractivity contribution >= 4 is 5.97 Å². The molecule has 0 aliphatic rings. The van der Waals surface area contributed by atoms with Crippen LogP contribution in [-0.4, -0.2) is 12.6 Å². The van der Waals surface area contributed by atoms with Crippen molar-refractivity contribution in [1.82, 2.24) is 0 Å². The average Bonchev–Trinajstić information content (AvgIpc) is 2.81. The van der Waals surface area contributed by atoms with Crippen LogP contribution in [0.5, 0.6) is 0 Å². The van der Waals surface area contributed by atoms with Gasteiger partial charge in [-0.3, -0.25) is 4.79 Å². The highest BCUT2D eigenvalue weighted by atomic mass is 16.5. The Morgan fingerprint density at radius 1 is 0.500 bits per heavy atom. The van der Waals surface area contributed by atoms with Crippen LogP contribution in [-0.2, 0) is 9.53 Å². The van der Waals surface area contributed by atoms with Crippen LogP contribution in [0, 0.1) is 5.92 Å². The standard InChI is InChI=1S/C32H64O2/c1-4-5-6-7-8-9-10-11-12-13-14-15-16-17-18-19-20-21-22-23-24-25-26-27-28-31(2)29-30-34-32(3)33/h31H,4-30H2,1-3H3. The summed E-state index contributed by atoms with van der Waals surface area (Å²) in [5.74, 6) is 0.529. The van der Waals surface area contributed by atoms with Crippen LogP contribution in [0.1, 0.15) is 188 Å². The molecule has 0 aliphatic carbocycles. The molecule has 204 valence electrons. The minimum absolute atomic E-state index is 0.151. The third kappa shape index (κ3) is 29.5. The van der Waals surface area contributed by atoms with Crippen LogP contribution in [0.4, 0.5) is 0 Å². The zero-order chi connectivity index (χ0) is 25.0. The lowest BCUT2D eigenvalue weighted by Gasteiger charge is -2.10. The summed E-state index contributed by atoms with van der Waals surface area (Å²) < 4.78 is 5.03. The predicted molar refractivity (Wildman–Crippen MR) is 152 cm³/mol. The number of hydrogen-bond donors (Lipinski definition) is 0. The molecule has 34 heavy (non-hydrogen) atoms. The fourth-order valence-corrected chi connectivity index (χ4v) is 5.00. The maximum Gasteiger partial charge on any atom is 0.302 e. The molecule has 0 spiro atoms. The van der Waals surface area contributed by atoms with Gasteiger partial charge in [0.05, 0.1) is 6.61 Å². The first-order valence-electron chi connectivity index (χ1n) is 15.8. The number of rotatable bonds is 28. The fourth-order valence-electron chi connectivity index (χ4n) is 5.00. The van der Waals surface area contributed by atoms with E-state index < -0.39 is 0 Å². The molecule has 0 saturated heterocycles. The smallest absolute Gasteiger partial charge is 0.302 e. The average molecular weight is 481 g/mol. The van der Waals surface area contributed by atoms with Gasteiger partial charge in [-0.05, 0) is 12.3 Å². The van der Waals surface area contributed by atoms with Crippen molar-refractivity contribution in [3.8, 4) is 0 Å². The Kier molecular flexibility index (Phi) is 28.3. The molecular weight excluding hydrogens is 416 g/mol. The van der Waals surface area contributed by atoms with Crippen LogP contribution in [0.15, 0.2) is 0 Å². The summed E-state index contributed by atoms with van der Waals surface area (Å²) in [5, 5.41) is 0. The van der Waals surface area contributed by atoms with Gasteiger partial charge in [0.25, 0.3) is 0 Å². The molecule has 1 unspecified atom stereocenters. The van der Waals surface area contributed by atoms with Crippen LogP contribution < -0.4 is 0 Å². The first-order valence-corrected chi connectivity index (χ1v) is 15.8. The summed E-state index contributed by atoms with van der Waals surface area (Å²) in [6, 6.07) is 0. The number of carbonyl (C=O) groups excluding carboxylic acids is 1. The topological polar surface area (TPSA) is 26.3 Å². The molecule has 0 saturated carbocycles. The fraction of sp³-hybridized carbons (Fsp3) is 0.969. The van der Waals surface area contributed by atoms with Gasteiger partial charge in [-0.1, -0.05) is 174 Å². The molecule has 0 aromatic rings. The van der Waals surface area contributed by atoms with Gasteiger partial charge in [0.15, 0.2) is 0 Å². The molecule has 2 nitrogen and oxygen atoms in total. The van der Waals surface area contributed by atoms with Gasteiger partial charge in [-0.2, -0.15) is 0 Å². The first kappa shape index (κ1) is 33.5. The second-order valence-corrected chi connectivity index (χ2v) is 11.2. The third-order valence-electron chi connectivity index (χ3n) is 7.47. The molecule has 0 aliphatic heterocycles. The van der Waals surface area contributed by atoms with Crippen molar-refractivity contribution in [2.45, 2.75) is 188 Å². The molecule has 2 heteroatoms. The summed E-state index contributed by atoms with van der Waals surface area (Å²) in [4.78, 5) is 10.8. The minimum atomic E-state index is -0.151. The lowest BCUT2D eigenvalue weighted by Crippen LogP contribution is -2.05. The van der Waals surface area contributed by atoms with Crippen LogP contribution in [0.2, 0.25) is 0 Å². The van der Waals surface area contributed by atoms with Crippen LogP contribution in [0.3, 0.4) is 0 Å². The summed E-state index contributed by atoms with van der Waals surface area (Å²) in [6.45, 7) is 6.66. The summed E-state index contributed by atoms with van der Waals surface area (Å²) >= 11 is 0. The highest BCUT2D eigenvalue weighted by Gasteiger charge is 2.03. The highest BCUT2D eigenvalue weighted by Crippen LogP contribution is 2.17. The zero-order valence-corrected chi connectivity index (χ0v) is 24.0. The van der Waals surface area contributed by atoms with Gasteiger partial charge in [-0.25, -0.2) is 0 Å². The molecule has 0 rings (SSSR count). The Labute approximate surface area is 215 Å². The van der Waals surface area contributed by atoms with Gasteiger partial charge in [-0.15, -0.1) is 0 Å². The predicted octanol–water partition coefficient (Wildman–Crippen LogP) is 11.3. The lowest BCUT2D eigenvalue weighted by atomic mass is 9.99. The Morgan fingerprint density at radius 2 is 0.794 bits per heavy atom. The quantitative estimate of drug-likeness (QED) is 0.0821. The van der Waals surface area contributed by atoms with E-state index in [1.54, 1.807) is 0 Å². The summed E-state index contributed by atoms with van der Waals surface area (Å²) in [7, 11) is 0. The number of ether oxygens (including phenoxy) is 1. The summed E-state index contributed by atoms with van der Waals surface area (Å²) in [5.41, 5.74) is 0. The monoisotopic (exact) mass is 480 g/mol. The van der Waals surface area contributed by atoms with E-state index in [-0.39, 0.29) is 5.97 Å². The molecule has 0 heterocycles. The molecule has 0 amide bonds. The Morgan fingerprint density at radius 3 is 1.09 bits per heavy atom. The van der Waals surface area contributed by atoms with E-state index in [0.717, 1.165) is 6.42 Å². The van der Waals surface area contributed by atoms with E-state index in [9.17, 15) is 4.79 Å². The second kappa shape index (κ2) is 28.7. The minimum Gasteiger partial charge on any atom is -0.466 e. The third-order valence-corrected chi connectivity index (χ3v) is 7.47. The van der Waals surface area contributed by atoms with E-state index in [2.05, 4.69) is 13.8 Å². The zero-order valence-electron chi connectivity index (χ0n) is 24.0. The van der Waals surface area contributed by atoms with Gasteiger partial charge in [0, 0.05) is 6.92 Å². The van der Waals surface area contributed by atoms with Crippen molar-refractivity contribution in [2.24, 2.45) is 5.92 Å². The van der Waals surface area contributed by atoms with E-state index >= 15 is 0 Å². The number of carbonyl (C=O) groups is 1. The number of hydrogen-bond acceptors (Lipinski definition) is 2. The molecule has 1 atom stereocenters. The highest BCUT2D eigenvalue weighted by molar-refractivity contribution is 5.65. The molecule has 0 N–H and O–H groups in total. The normalized spacial score (nSPS) is 12.2. The van der Waals surface area contributed by atoms with Crippen molar-refractivity contribution in [3.05, 3.63) is 0 Å². The first-order chi connectivity index (χ1) is 16.7. The molecule has 0 aromatic heterocycles. The van der Waals surface area contributed by atoms with Gasteiger partial charge >= 0.3 is 5.97 Å². The van der Waals surface area contributed by atoms with Crippen LogP contribution in [0.25, 0.3) is 0 Å². The van der Waals surface area contributed by atoms with E-state index in [0.29, 0.717) is 12.5 Å². The number of unbranched alkanes of at least 4 members (excludes halogenated alkanes) is 23. The molecule has 0 aromatic carbocycles. The van der Waals surface area contributed by atoms with Crippen molar-refractivity contribution in [2.75, 3.05) is 6.61 Å². The Bertz CT molecular complexity index is 392. The van der Waals surface area contributed by atoms with Gasteiger partial charge in [0.1, 0.15) is 0 Å². The van der Waals surface area contributed by atoms with Crippen molar-refractivity contribution in [3.63, 3.8) is 0 Å². The van der Waals surface area contributed by atoms with Crippen LogP contribution >= 0.6 is 0 Å². The van der Waals surface area contributed by atoms with E-state index in [4.69, 9.17) is 4.74 Å². The maximum absolute atomic E-state index is 10.8. The summed E-state index contributed by atoms with van der Waals surface area (Å²) in [6.07, 6.45) is 37.0. The van der Waals surface area contributed by atoms with E-state index in [1.165, 1.54) is 167 Å². The van der Waals surface area contributed by atoms with Crippen molar-refractivity contribution in [1.29, 1.82) is 0 Å². The SMILES string of the molecule is CCCCCCCCCCCCCCCCCCCCCCCCCCC(C)CCOC(C)=O. The van der Waals surface area contributed by atoms with Gasteiger partial charge in [0.2, 0.25) is 0 Å². The second-order valence-electron chi connectivity index (χ2n) is 11.2. The van der Waals surface area contributed by atoms with Crippen molar-refractivity contribution < 1.29 is 9.53 Å². The Hall–Kier alpha value is -0.530.